The summed E-state index contributed by atoms with van der Waals surface area (Å²) in [6, 6.07) is 7.65. The van der Waals surface area contributed by atoms with Crippen LogP contribution in [0.15, 0.2) is 29.2 Å². The van der Waals surface area contributed by atoms with Gasteiger partial charge in [0.1, 0.15) is 11.4 Å². The fourth-order valence-electron chi connectivity index (χ4n) is 3.72. The summed E-state index contributed by atoms with van der Waals surface area (Å²) in [6.45, 7) is 6.49. The van der Waals surface area contributed by atoms with Gasteiger partial charge in [-0.05, 0) is 44.7 Å². The zero-order chi connectivity index (χ0) is 20.3. The number of rotatable bonds is 6. The molecule has 1 fully saturated rings. The Labute approximate surface area is 166 Å². The Morgan fingerprint density at radius 1 is 1.14 bits per heavy atom. The molecular weight excluding hydrogens is 376 g/mol. The highest BCUT2D eigenvalue weighted by Gasteiger charge is 2.32. The molecule has 0 unspecified atom stereocenters. The van der Waals surface area contributed by atoms with Crippen LogP contribution >= 0.6 is 0 Å². The van der Waals surface area contributed by atoms with Crippen LogP contribution in [-0.4, -0.2) is 41.5 Å². The summed E-state index contributed by atoms with van der Waals surface area (Å²) in [7, 11) is -3.59. The van der Waals surface area contributed by atoms with Gasteiger partial charge in [0.15, 0.2) is 0 Å². The van der Waals surface area contributed by atoms with E-state index in [9.17, 15) is 13.2 Å². The molecule has 1 aromatic heterocycles. The zero-order valence-corrected chi connectivity index (χ0v) is 17.6. The van der Waals surface area contributed by atoms with E-state index in [1.54, 1.807) is 13.8 Å². The summed E-state index contributed by atoms with van der Waals surface area (Å²) < 4.78 is 29.2. The fourth-order valence-corrected chi connectivity index (χ4v) is 5.61. The van der Waals surface area contributed by atoms with Crippen LogP contribution in [0.3, 0.4) is 0 Å². The van der Waals surface area contributed by atoms with Crippen molar-refractivity contribution in [1.82, 2.24) is 14.1 Å². The molecular formula is C20H28N4O3S. The van der Waals surface area contributed by atoms with Crippen LogP contribution in [-0.2, 0) is 27.8 Å². The molecule has 1 aliphatic rings. The summed E-state index contributed by atoms with van der Waals surface area (Å²) >= 11 is 0. The number of hydrogen-bond acceptors (Lipinski definition) is 4. The molecule has 1 amide bonds. The highest BCUT2D eigenvalue weighted by Crippen LogP contribution is 2.26. The van der Waals surface area contributed by atoms with Gasteiger partial charge in [0.2, 0.25) is 15.9 Å². The van der Waals surface area contributed by atoms with Crippen molar-refractivity contribution in [1.29, 1.82) is 0 Å². The highest BCUT2D eigenvalue weighted by molar-refractivity contribution is 7.89. The quantitative estimate of drug-likeness (QED) is 0.802. The number of aryl methyl sites for hydroxylation is 2. The van der Waals surface area contributed by atoms with Gasteiger partial charge < -0.3 is 5.32 Å². The molecule has 2 aromatic rings. The average molecular weight is 405 g/mol. The van der Waals surface area contributed by atoms with E-state index in [2.05, 4.69) is 10.4 Å². The van der Waals surface area contributed by atoms with Gasteiger partial charge >= 0.3 is 0 Å². The van der Waals surface area contributed by atoms with Gasteiger partial charge in [-0.15, -0.1) is 0 Å². The maximum absolute atomic E-state index is 13.1. The van der Waals surface area contributed by atoms with Gasteiger partial charge in [0.05, 0.1) is 11.4 Å². The fraction of sp³-hybridized carbons (Fsp3) is 0.500. The smallest absolute Gasteiger partial charge is 0.246 e. The van der Waals surface area contributed by atoms with E-state index >= 15 is 0 Å². The Kier molecular flexibility index (Phi) is 6.20. The molecule has 0 aliphatic carbocycles. The lowest BCUT2D eigenvalue weighted by Crippen LogP contribution is -2.36. The number of piperidine rings is 1. The SMILES string of the molecule is CCc1ccccc1NC(=O)Cn1nc(C)c(S(=O)(=O)N2CCCCC2)c1C. The lowest BCUT2D eigenvalue weighted by Gasteiger charge is -2.25. The Morgan fingerprint density at radius 3 is 2.50 bits per heavy atom. The summed E-state index contributed by atoms with van der Waals surface area (Å²) in [5.74, 6) is -0.228. The highest BCUT2D eigenvalue weighted by atomic mass is 32.2. The summed E-state index contributed by atoms with van der Waals surface area (Å²) in [5, 5.41) is 7.25. The summed E-state index contributed by atoms with van der Waals surface area (Å²) in [5.41, 5.74) is 2.77. The van der Waals surface area contributed by atoms with Crippen LogP contribution in [0, 0.1) is 13.8 Å². The molecule has 0 saturated carbocycles. The van der Waals surface area contributed by atoms with Gasteiger partial charge in [-0.2, -0.15) is 9.40 Å². The maximum atomic E-state index is 13.1. The van der Waals surface area contributed by atoms with Crippen molar-refractivity contribution in [3.05, 3.63) is 41.2 Å². The minimum atomic E-state index is -3.59. The third-order valence-corrected chi connectivity index (χ3v) is 7.35. The maximum Gasteiger partial charge on any atom is 0.246 e. The zero-order valence-electron chi connectivity index (χ0n) is 16.7. The molecule has 7 nitrogen and oxygen atoms in total. The molecule has 0 spiro atoms. The molecule has 0 radical (unpaired) electrons. The van der Waals surface area contributed by atoms with Crippen molar-refractivity contribution in [3.63, 3.8) is 0 Å². The van der Waals surface area contributed by atoms with E-state index in [0.717, 1.165) is 36.9 Å². The van der Waals surface area contributed by atoms with Crippen molar-refractivity contribution in [2.24, 2.45) is 0 Å². The molecule has 1 saturated heterocycles. The first-order chi connectivity index (χ1) is 13.3. The first-order valence-electron chi connectivity index (χ1n) is 9.76. The van der Waals surface area contributed by atoms with Crippen LogP contribution in [0.5, 0.6) is 0 Å². The standard InChI is InChI=1S/C20H28N4O3S/c1-4-17-10-6-7-11-18(17)21-19(25)14-24-16(3)20(15(2)22-24)28(26,27)23-12-8-5-9-13-23/h6-7,10-11H,4-5,8-9,12-14H2,1-3H3,(H,21,25). The van der Waals surface area contributed by atoms with Crippen LogP contribution in [0.4, 0.5) is 5.69 Å². The topological polar surface area (TPSA) is 84.3 Å². The first kappa shape index (κ1) is 20.5. The molecule has 2 heterocycles. The molecule has 1 aliphatic heterocycles. The predicted molar refractivity (Wildman–Crippen MR) is 109 cm³/mol. The van der Waals surface area contributed by atoms with E-state index in [0.29, 0.717) is 24.5 Å². The summed E-state index contributed by atoms with van der Waals surface area (Å²) in [6.07, 6.45) is 3.63. The van der Waals surface area contributed by atoms with Crippen molar-refractivity contribution >= 4 is 21.6 Å². The van der Waals surface area contributed by atoms with Crippen LogP contribution < -0.4 is 5.32 Å². The van der Waals surface area contributed by atoms with E-state index < -0.39 is 10.0 Å². The second kappa shape index (κ2) is 8.45. The van der Waals surface area contributed by atoms with Crippen LogP contribution in [0.25, 0.3) is 0 Å². The van der Waals surface area contributed by atoms with Crippen molar-refractivity contribution in [2.75, 3.05) is 18.4 Å². The lowest BCUT2D eigenvalue weighted by molar-refractivity contribution is -0.116. The minimum absolute atomic E-state index is 0.0275. The molecule has 8 heteroatoms. The molecule has 0 bridgehead atoms. The molecule has 3 rings (SSSR count). The largest absolute Gasteiger partial charge is 0.324 e. The van der Waals surface area contributed by atoms with Gasteiger partial charge in [-0.1, -0.05) is 31.5 Å². The molecule has 1 aromatic carbocycles. The molecule has 0 atom stereocenters. The Bertz CT molecular complexity index is 960. The number of amides is 1. The van der Waals surface area contributed by atoms with Gasteiger partial charge in [0.25, 0.3) is 0 Å². The van der Waals surface area contributed by atoms with Gasteiger partial charge in [-0.3, -0.25) is 9.48 Å². The summed E-state index contributed by atoms with van der Waals surface area (Å²) in [4.78, 5) is 12.8. The molecule has 152 valence electrons. The number of carbonyl (C=O) groups excluding carboxylic acids is 1. The second-order valence-electron chi connectivity index (χ2n) is 7.18. The number of carbonyl (C=O) groups is 1. The first-order valence-corrected chi connectivity index (χ1v) is 11.2. The van der Waals surface area contributed by atoms with Crippen molar-refractivity contribution < 1.29 is 13.2 Å². The number of anilines is 1. The number of benzene rings is 1. The van der Waals surface area contributed by atoms with Gasteiger partial charge in [0, 0.05) is 18.8 Å². The van der Waals surface area contributed by atoms with E-state index in [4.69, 9.17) is 0 Å². The van der Waals surface area contributed by atoms with Gasteiger partial charge in [-0.25, -0.2) is 8.42 Å². The van der Waals surface area contributed by atoms with Crippen LogP contribution in [0.2, 0.25) is 0 Å². The number of sulfonamides is 1. The van der Waals surface area contributed by atoms with E-state index in [1.165, 1.54) is 8.99 Å². The van der Waals surface area contributed by atoms with Crippen LogP contribution in [0.1, 0.15) is 43.1 Å². The third kappa shape index (κ3) is 4.12. The number of nitrogens with zero attached hydrogens (tertiary/aromatic N) is 3. The number of hydrogen-bond donors (Lipinski definition) is 1. The van der Waals surface area contributed by atoms with E-state index in [1.807, 2.05) is 31.2 Å². The molecule has 28 heavy (non-hydrogen) atoms. The number of nitrogens with one attached hydrogen (secondary N) is 1. The predicted octanol–water partition coefficient (Wildman–Crippen LogP) is 2.88. The normalized spacial score (nSPS) is 15.5. The Hall–Kier alpha value is -2.19. The monoisotopic (exact) mass is 404 g/mol. The molecule has 1 N–H and O–H groups in total. The number of aromatic nitrogens is 2. The number of para-hydroxylation sites is 1. The second-order valence-corrected chi connectivity index (χ2v) is 9.06. The Morgan fingerprint density at radius 2 is 1.82 bits per heavy atom. The van der Waals surface area contributed by atoms with Crippen molar-refractivity contribution in [2.45, 2.75) is 57.9 Å². The lowest BCUT2D eigenvalue weighted by atomic mass is 10.1. The van der Waals surface area contributed by atoms with Crippen molar-refractivity contribution in [3.8, 4) is 0 Å². The average Bonchev–Trinajstić information content (AvgIpc) is 2.96. The Balaban J connectivity index is 1.81. The third-order valence-electron chi connectivity index (χ3n) is 5.19. The minimum Gasteiger partial charge on any atom is -0.324 e. The van der Waals surface area contributed by atoms with E-state index in [-0.39, 0.29) is 17.3 Å².